The maximum absolute atomic E-state index is 14.2. The predicted molar refractivity (Wildman–Crippen MR) is 127 cm³/mol. The van der Waals surface area contributed by atoms with Crippen molar-refractivity contribution in [3.63, 3.8) is 0 Å². The van der Waals surface area contributed by atoms with Gasteiger partial charge in [0.2, 0.25) is 0 Å². The van der Waals surface area contributed by atoms with Crippen molar-refractivity contribution in [3.05, 3.63) is 78.1 Å². The predicted octanol–water partition coefficient (Wildman–Crippen LogP) is 5.01. The van der Waals surface area contributed by atoms with Gasteiger partial charge in [0.1, 0.15) is 30.5 Å². The van der Waals surface area contributed by atoms with Crippen LogP contribution in [-0.4, -0.2) is 50.2 Å². The van der Waals surface area contributed by atoms with Crippen molar-refractivity contribution >= 4 is 11.6 Å². The molecule has 170 valence electrons. The normalized spacial score (nSPS) is 16.3. The lowest BCUT2D eigenvalue weighted by atomic mass is 10.0. The molecule has 0 saturated carbocycles. The standard InChI is InChI=1S/C27H27FN2O3/c28-25-6-2-1-5-23(25)20-7-12-24-26(19-20)33-18-16-30(27(24)31)21-8-10-22(11-9-21)32-17-15-29-13-3-4-14-29/h1-2,5-12,19H,3-4,13-18H2. The highest BCUT2D eigenvalue weighted by atomic mass is 19.1. The summed E-state index contributed by atoms with van der Waals surface area (Å²) in [7, 11) is 0. The first kappa shape index (κ1) is 21.5. The molecule has 33 heavy (non-hydrogen) atoms. The Hall–Kier alpha value is -3.38. The number of hydrogen-bond donors (Lipinski definition) is 0. The number of carbonyl (C=O) groups excluding carboxylic acids is 1. The summed E-state index contributed by atoms with van der Waals surface area (Å²) in [4.78, 5) is 17.4. The number of amides is 1. The number of hydrogen-bond acceptors (Lipinski definition) is 4. The molecule has 3 aromatic rings. The fourth-order valence-corrected chi connectivity index (χ4v) is 4.44. The molecule has 2 heterocycles. The quantitative estimate of drug-likeness (QED) is 0.534. The van der Waals surface area contributed by atoms with E-state index in [0.29, 0.717) is 42.2 Å². The number of ether oxygens (including phenoxy) is 2. The largest absolute Gasteiger partial charge is 0.492 e. The number of halogens is 1. The molecular formula is C27H27FN2O3. The van der Waals surface area contributed by atoms with Gasteiger partial charge in [-0.15, -0.1) is 0 Å². The van der Waals surface area contributed by atoms with E-state index in [1.165, 1.54) is 18.9 Å². The number of likely N-dealkylation sites (tertiary alicyclic amines) is 1. The van der Waals surface area contributed by atoms with Gasteiger partial charge in [0.15, 0.2) is 0 Å². The van der Waals surface area contributed by atoms with Gasteiger partial charge >= 0.3 is 0 Å². The molecule has 1 fully saturated rings. The van der Waals surface area contributed by atoms with Crippen LogP contribution in [0.25, 0.3) is 11.1 Å². The zero-order chi connectivity index (χ0) is 22.6. The van der Waals surface area contributed by atoms with Crippen molar-refractivity contribution in [2.45, 2.75) is 12.8 Å². The summed E-state index contributed by atoms with van der Waals surface area (Å²) < 4.78 is 26.0. The molecule has 0 N–H and O–H groups in total. The summed E-state index contributed by atoms with van der Waals surface area (Å²) in [6, 6.07) is 19.4. The lowest BCUT2D eigenvalue weighted by Crippen LogP contribution is -2.32. The number of nitrogens with zero attached hydrogens (tertiary/aromatic N) is 2. The summed E-state index contributed by atoms with van der Waals surface area (Å²) >= 11 is 0. The van der Waals surface area contributed by atoms with Gasteiger partial charge in [0.25, 0.3) is 5.91 Å². The molecule has 2 aliphatic heterocycles. The molecule has 3 aromatic carbocycles. The van der Waals surface area contributed by atoms with E-state index in [0.717, 1.165) is 31.1 Å². The number of anilines is 1. The second kappa shape index (κ2) is 9.63. The monoisotopic (exact) mass is 446 g/mol. The third-order valence-electron chi connectivity index (χ3n) is 6.24. The van der Waals surface area contributed by atoms with Gasteiger partial charge in [0, 0.05) is 17.8 Å². The molecule has 0 unspecified atom stereocenters. The second-order valence-corrected chi connectivity index (χ2v) is 8.39. The highest BCUT2D eigenvalue weighted by Crippen LogP contribution is 2.32. The third-order valence-corrected chi connectivity index (χ3v) is 6.24. The SMILES string of the molecule is O=C1c2ccc(-c3ccccc3F)cc2OCCN1c1ccc(OCCN2CCCC2)cc1. The van der Waals surface area contributed by atoms with Crippen LogP contribution in [0.3, 0.4) is 0 Å². The molecule has 0 bridgehead atoms. The average Bonchev–Trinajstić information content (AvgIpc) is 3.30. The fraction of sp³-hybridized carbons (Fsp3) is 0.296. The Balaban J connectivity index is 1.29. The maximum Gasteiger partial charge on any atom is 0.262 e. The summed E-state index contributed by atoms with van der Waals surface area (Å²) in [6.45, 7) is 4.70. The number of carbonyl (C=O) groups is 1. The molecular weight excluding hydrogens is 419 g/mol. The Labute approximate surface area is 193 Å². The van der Waals surface area contributed by atoms with E-state index in [9.17, 15) is 9.18 Å². The van der Waals surface area contributed by atoms with Gasteiger partial charge in [-0.05, 0) is 74.0 Å². The highest BCUT2D eigenvalue weighted by Gasteiger charge is 2.25. The first-order valence-electron chi connectivity index (χ1n) is 11.5. The van der Waals surface area contributed by atoms with Crippen molar-refractivity contribution in [1.82, 2.24) is 4.90 Å². The van der Waals surface area contributed by atoms with E-state index < -0.39 is 0 Å². The van der Waals surface area contributed by atoms with Crippen LogP contribution < -0.4 is 14.4 Å². The van der Waals surface area contributed by atoms with Crippen LogP contribution in [0, 0.1) is 5.82 Å². The van der Waals surface area contributed by atoms with Crippen molar-refractivity contribution in [3.8, 4) is 22.6 Å². The van der Waals surface area contributed by atoms with Crippen LogP contribution in [0.1, 0.15) is 23.2 Å². The van der Waals surface area contributed by atoms with Crippen molar-refractivity contribution in [2.24, 2.45) is 0 Å². The van der Waals surface area contributed by atoms with E-state index in [4.69, 9.17) is 9.47 Å². The Bertz CT molecular complexity index is 1130. The smallest absolute Gasteiger partial charge is 0.262 e. The summed E-state index contributed by atoms with van der Waals surface area (Å²) in [5.41, 5.74) is 2.43. The van der Waals surface area contributed by atoms with E-state index in [1.54, 1.807) is 41.3 Å². The lowest BCUT2D eigenvalue weighted by Gasteiger charge is -2.20. The Morgan fingerprint density at radius 3 is 2.48 bits per heavy atom. The molecule has 2 aliphatic rings. The minimum absolute atomic E-state index is 0.134. The summed E-state index contributed by atoms with van der Waals surface area (Å²) in [5.74, 6) is 0.837. The topological polar surface area (TPSA) is 42.0 Å². The number of fused-ring (bicyclic) bond motifs is 1. The van der Waals surface area contributed by atoms with Crippen molar-refractivity contribution in [1.29, 1.82) is 0 Å². The van der Waals surface area contributed by atoms with Crippen LogP contribution in [0.5, 0.6) is 11.5 Å². The van der Waals surface area contributed by atoms with Gasteiger partial charge in [0.05, 0.1) is 12.1 Å². The van der Waals surface area contributed by atoms with Crippen LogP contribution in [-0.2, 0) is 0 Å². The van der Waals surface area contributed by atoms with Gasteiger partial charge in [-0.25, -0.2) is 4.39 Å². The van der Waals surface area contributed by atoms with Gasteiger partial charge < -0.3 is 14.4 Å². The maximum atomic E-state index is 14.2. The Morgan fingerprint density at radius 1 is 0.909 bits per heavy atom. The first-order valence-corrected chi connectivity index (χ1v) is 11.5. The first-order chi connectivity index (χ1) is 16.2. The molecule has 0 radical (unpaired) electrons. The molecule has 1 amide bonds. The Kier molecular flexibility index (Phi) is 6.26. The minimum Gasteiger partial charge on any atom is -0.492 e. The molecule has 0 aromatic heterocycles. The lowest BCUT2D eigenvalue weighted by molar-refractivity contribution is 0.0990. The van der Waals surface area contributed by atoms with Crippen molar-refractivity contribution in [2.75, 3.05) is 44.3 Å². The molecule has 5 rings (SSSR count). The highest BCUT2D eigenvalue weighted by molar-refractivity contribution is 6.08. The van der Waals surface area contributed by atoms with E-state index in [1.807, 2.05) is 24.3 Å². The van der Waals surface area contributed by atoms with E-state index in [-0.39, 0.29) is 11.7 Å². The van der Waals surface area contributed by atoms with Crippen LogP contribution >= 0.6 is 0 Å². The molecule has 1 saturated heterocycles. The van der Waals surface area contributed by atoms with Gasteiger partial charge in [-0.1, -0.05) is 24.3 Å². The second-order valence-electron chi connectivity index (χ2n) is 8.39. The number of rotatable bonds is 6. The number of benzene rings is 3. The van der Waals surface area contributed by atoms with Crippen LogP contribution in [0.15, 0.2) is 66.7 Å². The van der Waals surface area contributed by atoms with Crippen LogP contribution in [0.4, 0.5) is 10.1 Å². The summed E-state index contributed by atoms with van der Waals surface area (Å²) in [5, 5.41) is 0. The van der Waals surface area contributed by atoms with Gasteiger partial charge in [-0.2, -0.15) is 0 Å². The molecule has 6 heteroatoms. The van der Waals surface area contributed by atoms with Gasteiger partial charge in [-0.3, -0.25) is 9.69 Å². The fourth-order valence-electron chi connectivity index (χ4n) is 4.44. The molecule has 5 nitrogen and oxygen atoms in total. The zero-order valence-electron chi connectivity index (χ0n) is 18.5. The van der Waals surface area contributed by atoms with E-state index in [2.05, 4.69) is 4.90 Å². The van der Waals surface area contributed by atoms with Crippen LogP contribution in [0.2, 0.25) is 0 Å². The molecule has 0 aliphatic carbocycles. The van der Waals surface area contributed by atoms with E-state index >= 15 is 0 Å². The van der Waals surface area contributed by atoms with Crippen molar-refractivity contribution < 1.29 is 18.7 Å². The zero-order valence-corrected chi connectivity index (χ0v) is 18.5. The average molecular weight is 447 g/mol. The minimum atomic E-state index is -0.304. The molecule has 0 atom stereocenters. The third kappa shape index (κ3) is 4.71. The Morgan fingerprint density at radius 2 is 1.70 bits per heavy atom. The molecule has 0 spiro atoms. The summed E-state index contributed by atoms with van der Waals surface area (Å²) in [6.07, 6.45) is 2.55.